The average Bonchev–Trinajstić information content (AvgIpc) is 3.18. The summed E-state index contributed by atoms with van der Waals surface area (Å²) in [6, 6.07) is 6.47. The molecule has 0 unspecified atom stereocenters. The van der Waals surface area contributed by atoms with E-state index in [9.17, 15) is 14.9 Å². The predicted molar refractivity (Wildman–Crippen MR) is 105 cm³/mol. The van der Waals surface area contributed by atoms with Crippen LogP contribution in [0.5, 0.6) is 0 Å². The third kappa shape index (κ3) is 4.32. The molecule has 0 aliphatic rings. The minimum absolute atomic E-state index is 0.152. The highest BCUT2D eigenvalue weighted by Crippen LogP contribution is 2.25. The molecule has 2 aromatic heterocycles. The number of nitrogens with zero attached hydrogens (tertiary/aromatic N) is 5. The molecule has 9 nitrogen and oxygen atoms in total. The molecule has 0 saturated carbocycles. The number of halogens is 2. The number of amides is 1. The molecule has 3 rings (SSSR count). The van der Waals surface area contributed by atoms with E-state index in [-0.39, 0.29) is 18.3 Å². The Morgan fingerprint density at radius 1 is 1.25 bits per heavy atom. The van der Waals surface area contributed by atoms with Gasteiger partial charge in [-0.25, -0.2) is 0 Å². The van der Waals surface area contributed by atoms with Crippen LogP contribution in [0.25, 0.3) is 0 Å². The maximum absolute atomic E-state index is 12.3. The molecule has 2 heterocycles. The highest BCUT2D eigenvalue weighted by Gasteiger charge is 2.18. The fourth-order valence-electron chi connectivity index (χ4n) is 2.71. The summed E-state index contributed by atoms with van der Waals surface area (Å²) < 4.78 is 2.94. The molecule has 1 amide bonds. The van der Waals surface area contributed by atoms with Gasteiger partial charge < -0.3 is 15.4 Å². The number of anilines is 1. The van der Waals surface area contributed by atoms with E-state index in [4.69, 9.17) is 23.2 Å². The number of nitrogens with one attached hydrogen (secondary N) is 1. The van der Waals surface area contributed by atoms with Crippen LogP contribution in [-0.4, -0.2) is 30.4 Å². The molecule has 0 aliphatic heterocycles. The van der Waals surface area contributed by atoms with E-state index in [1.807, 2.05) is 13.0 Å². The summed E-state index contributed by atoms with van der Waals surface area (Å²) >= 11 is 12.1. The molecule has 146 valence electrons. The first-order valence-electron chi connectivity index (χ1n) is 8.20. The van der Waals surface area contributed by atoms with Crippen molar-refractivity contribution in [3.8, 4) is 0 Å². The summed E-state index contributed by atoms with van der Waals surface area (Å²) in [4.78, 5) is 22.4. The molecule has 0 spiro atoms. The molecule has 1 N–H and O–H groups in total. The predicted octanol–water partition coefficient (Wildman–Crippen LogP) is 3.60. The van der Waals surface area contributed by atoms with E-state index in [1.54, 1.807) is 23.7 Å². The van der Waals surface area contributed by atoms with Gasteiger partial charge in [0, 0.05) is 10.0 Å². The van der Waals surface area contributed by atoms with Gasteiger partial charge in [-0.05, 0) is 36.5 Å². The first-order chi connectivity index (χ1) is 13.2. The topological polar surface area (TPSA) is 108 Å². The van der Waals surface area contributed by atoms with Crippen molar-refractivity contribution < 1.29 is 9.72 Å². The van der Waals surface area contributed by atoms with Crippen LogP contribution in [0.4, 0.5) is 11.5 Å². The maximum Gasteiger partial charge on any atom is 0.389 e. The van der Waals surface area contributed by atoms with Gasteiger partial charge in [0.2, 0.25) is 5.91 Å². The first-order valence-corrected chi connectivity index (χ1v) is 8.96. The van der Waals surface area contributed by atoms with Crippen molar-refractivity contribution in [3.63, 3.8) is 0 Å². The van der Waals surface area contributed by atoms with Crippen LogP contribution < -0.4 is 5.32 Å². The quantitative estimate of drug-likeness (QED) is 0.482. The van der Waals surface area contributed by atoms with Crippen LogP contribution in [0, 0.1) is 24.0 Å². The Balaban J connectivity index is 1.73. The zero-order valence-corrected chi connectivity index (χ0v) is 16.5. The Morgan fingerprint density at radius 2 is 2.00 bits per heavy atom. The van der Waals surface area contributed by atoms with Gasteiger partial charge in [0.05, 0.1) is 41.0 Å². The second kappa shape index (κ2) is 7.99. The highest BCUT2D eigenvalue weighted by molar-refractivity contribution is 6.35. The lowest BCUT2D eigenvalue weighted by atomic mass is 10.2. The number of carbonyl (C=O) groups excluding carboxylic acids is 1. The minimum Gasteiger partial charge on any atom is -0.358 e. The fraction of sp³-hybridized carbons (Fsp3) is 0.235. The summed E-state index contributed by atoms with van der Waals surface area (Å²) in [5.41, 5.74) is 2.82. The summed E-state index contributed by atoms with van der Waals surface area (Å²) in [6.45, 7) is 3.88. The van der Waals surface area contributed by atoms with Gasteiger partial charge in [0.15, 0.2) is 0 Å². The number of carbonyl (C=O) groups is 1. The van der Waals surface area contributed by atoms with E-state index in [2.05, 4.69) is 15.5 Å². The molecule has 11 heteroatoms. The van der Waals surface area contributed by atoms with Gasteiger partial charge in [-0.15, -0.1) is 0 Å². The molecular formula is C17H16Cl2N6O3. The molecule has 0 fully saturated rings. The normalized spacial score (nSPS) is 10.9. The Kier molecular flexibility index (Phi) is 5.66. The number of nitro groups is 1. The molecular weight excluding hydrogens is 407 g/mol. The van der Waals surface area contributed by atoms with Crippen molar-refractivity contribution >= 4 is 40.6 Å². The van der Waals surface area contributed by atoms with E-state index >= 15 is 0 Å². The van der Waals surface area contributed by atoms with Crippen molar-refractivity contribution in [1.29, 1.82) is 0 Å². The molecule has 0 bridgehead atoms. The van der Waals surface area contributed by atoms with Gasteiger partial charge >= 0.3 is 5.82 Å². The summed E-state index contributed by atoms with van der Waals surface area (Å²) in [7, 11) is 0. The fourth-order valence-corrected chi connectivity index (χ4v) is 3.17. The van der Waals surface area contributed by atoms with Crippen LogP contribution in [0.15, 0.2) is 30.5 Å². The zero-order valence-electron chi connectivity index (χ0n) is 15.0. The number of aromatic nitrogens is 4. The molecule has 0 saturated heterocycles. The lowest BCUT2D eigenvalue weighted by Gasteiger charge is -2.08. The minimum atomic E-state index is -0.616. The van der Waals surface area contributed by atoms with E-state index < -0.39 is 4.92 Å². The zero-order chi connectivity index (χ0) is 20.4. The lowest BCUT2D eigenvalue weighted by molar-refractivity contribution is -0.389. The van der Waals surface area contributed by atoms with Crippen molar-refractivity contribution in [2.45, 2.75) is 26.9 Å². The van der Waals surface area contributed by atoms with Gasteiger partial charge in [0.1, 0.15) is 6.54 Å². The van der Waals surface area contributed by atoms with Crippen LogP contribution in [0.3, 0.4) is 0 Å². The SMILES string of the molecule is Cc1nn(Cc2ccc(Cl)cc2Cl)c(C)c1NC(=O)Cn1ccc([N+](=O)[O-])n1. The Hall–Kier alpha value is -2.91. The Bertz CT molecular complexity index is 1060. The van der Waals surface area contributed by atoms with Gasteiger partial charge in [-0.2, -0.15) is 9.78 Å². The Morgan fingerprint density at radius 3 is 2.64 bits per heavy atom. The summed E-state index contributed by atoms with van der Waals surface area (Å²) in [5.74, 6) is -0.680. The third-order valence-corrected chi connectivity index (χ3v) is 4.69. The van der Waals surface area contributed by atoms with Crippen LogP contribution in [-0.2, 0) is 17.9 Å². The number of benzene rings is 1. The lowest BCUT2D eigenvalue weighted by Crippen LogP contribution is -2.20. The molecule has 0 aliphatic carbocycles. The average molecular weight is 423 g/mol. The monoisotopic (exact) mass is 422 g/mol. The largest absolute Gasteiger partial charge is 0.389 e. The Labute approximate surface area is 170 Å². The van der Waals surface area contributed by atoms with Crippen molar-refractivity contribution in [2.75, 3.05) is 5.32 Å². The second-order valence-electron chi connectivity index (χ2n) is 6.12. The van der Waals surface area contributed by atoms with Gasteiger partial charge in [-0.1, -0.05) is 29.3 Å². The number of aryl methyl sites for hydroxylation is 1. The van der Waals surface area contributed by atoms with E-state index in [0.717, 1.165) is 11.3 Å². The van der Waals surface area contributed by atoms with Crippen LogP contribution in [0.2, 0.25) is 10.0 Å². The van der Waals surface area contributed by atoms with Crippen LogP contribution in [0.1, 0.15) is 17.0 Å². The number of hydrogen-bond donors (Lipinski definition) is 1. The third-order valence-electron chi connectivity index (χ3n) is 4.10. The van der Waals surface area contributed by atoms with Crippen LogP contribution >= 0.6 is 23.2 Å². The maximum atomic E-state index is 12.3. The summed E-state index contributed by atoms with van der Waals surface area (Å²) in [6.07, 6.45) is 1.38. The molecule has 28 heavy (non-hydrogen) atoms. The smallest absolute Gasteiger partial charge is 0.358 e. The number of hydrogen-bond acceptors (Lipinski definition) is 5. The molecule has 0 atom stereocenters. The standard InChI is InChI=1S/C17H16Cl2N6O3/c1-10-17(20-16(26)9-23-6-5-15(22-23)25(27)28)11(2)24(21-10)8-12-3-4-13(18)7-14(12)19/h3-7H,8-9H2,1-2H3,(H,20,26). The molecule has 3 aromatic rings. The molecule has 1 aromatic carbocycles. The van der Waals surface area contributed by atoms with E-state index in [1.165, 1.54) is 16.9 Å². The summed E-state index contributed by atoms with van der Waals surface area (Å²) in [5, 5.41) is 22.7. The van der Waals surface area contributed by atoms with Gasteiger partial charge in [0.25, 0.3) is 0 Å². The second-order valence-corrected chi connectivity index (χ2v) is 6.96. The van der Waals surface area contributed by atoms with Crippen molar-refractivity contribution in [1.82, 2.24) is 19.6 Å². The number of rotatable bonds is 6. The highest BCUT2D eigenvalue weighted by atomic mass is 35.5. The van der Waals surface area contributed by atoms with E-state index in [0.29, 0.717) is 28.0 Å². The van der Waals surface area contributed by atoms with Crippen molar-refractivity contribution in [3.05, 3.63) is 67.6 Å². The van der Waals surface area contributed by atoms with Crippen molar-refractivity contribution in [2.24, 2.45) is 0 Å². The van der Waals surface area contributed by atoms with Gasteiger partial charge in [-0.3, -0.25) is 9.48 Å². The first kappa shape index (κ1) is 19.8. The molecule has 0 radical (unpaired) electrons.